The number of amides is 2. The Kier molecular flexibility index (Phi) is 6.76. The quantitative estimate of drug-likeness (QED) is 0.568. The van der Waals surface area contributed by atoms with Crippen LogP contribution < -0.4 is 10.6 Å². The molecule has 5 heteroatoms. The Bertz CT molecular complexity index is 899. The summed E-state index contributed by atoms with van der Waals surface area (Å²) >= 11 is 0. The van der Waals surface area contributed by atoms with E-state index >= 15 is 0 Å². The standard InChI is InChI=1S/C24H24N2O3/c1-17(27)16-22(28)25-20-12-14-21(15-13-20)26-24(29)23(18-8-4-2-5-9-18)19-10-6-3-7-11-19/h2-15,17,23,27H,16H2,1H3,(H,25,28)(H,26,29). The number of aliphatic hydroxyl groups is 1. The van der Waals surface area contributed by atoms with E-state index in [-0.39, 0.29) is 18.2 Å². The van der Waals surface area contributed by atoms with E-state index in [1.54, 1.807) is 31.2 Å². The third-order valence-electron chi connectivity index (χ3n) is 4.45. The van der Waals surface area contributed by atoms with Crippen LogP contribution >= 0.6 is 0 Å². The molecule has 0 bridgehead atoms. The van der Waals surface area contributed by atoms with Crippen LogP contribution in [-0.4, -0.2) is 23.0 Å². The fourth-order valence-corrected chi connectivity index (χ4v) is 3.12. The third kappa shape index (κ3) is 5.77. The van der Waals surface area contributed by atoms with Gasteiger partial charge < -0.3 is 15.7 Å². The smallest absolute Gasteiger partial charge is 0.236 e. The molecule has 0 saturated carbocycles. The molecule has 0 aromatic heterocycles. The van der Waals surface area contributed by atoms with Gasteiger partial charge in [-0.05, 0) is 42.3 Å². The average Bonchev–Trinajstić information content (AvgIpc) is 2.71. The number of aliphatic hydroxyl groups excluding tert-OH is 1. The minimum Gasteiger partial charge on any atom is -0.393 e. The number of nitrogens with one attached hydrogen (secondary N) is 2. The van der Waals surface area contributed by atoms with Gasteiger partial charge >= 0.3 is 0 Å². The maximum Gasteiger partial charge on any atom is 0.236 e. The predicted molar refractivity (Wildman–Crippen MR) is 115 cm³/mol. The summed E-state index contributed by atoms with van der Waals surface area (Å²) in [6.45, 7) is 1.56. The van der Waals surface area contributed by atoms with Crippen LogP contribution in [0.2, 0.25) is 0 Å². The maximum atomic E-state index is 13.1. The van der Waals surface area contributed by atoms with E-state index in [0.717, 1.165) is 11.1 Å². The molecule has 29 heavy (non-hydrogen) atoms. The summed E-state index contributed by atoms with van der Waals surface area (Å²) in [6.07, 6.45) is -0.657. The second-order valence-electron chi connectivity index (χ2n) is 6.92. The lowest BCUT2D eigenvalue weighted by Gasteiger charge is -2.18. The van der Waals surface area contributed by atoms with Gasteiger partial charge in [0.1, 0.15) is 0 Å². The fourth-order valence-electron chi connectivity index (χ4n) is 3.12. The van der Waals surface area contributed by atoms with Crippen LogP contribution in [0.4, 0.5) is 11.4 Å². The van der Waals surface area contributed by atoms with Gasteiger partial charge in [-0.15, -0.1) is 0 Å². The molecule has 0 aliphatic carbocycles. The molecule has 1 unspecified atom stereocenters. The van der Waals surface area contributed by atoms with Crippen molar-refractivity contribution in [1.82, 2.24) is 0 Å². The highest BCUT2D eigenvalue weighted by molar-refractivity contribution is 5.98. The van der Waals surface area contributed by atoms with E-state index in [1.807, 2.05) is 60.7 Å². The van der Waals surface area contributed by atoms with Crippen LogP contribution in [0.1, 0.15) is 30.4 Å². The molecule has 0 fully saturated rings. The maximum absolute atomic E-state index is 13.1. The van der Waals surface area contributed by atoms with Crippen molar-refractivity contribution in [2.45, 2.75) is 25.4 Å². The number of hydrogen-bond acceptors (Lipinski definition) is 3. The Hall–Kier alpha value is -3.44. The largest absolute Gasteiger partial charge is 0.393 e. The van der Waals surface area contributed by atoms with E-state index in [2.05, 4.69) is 10.6 Å². The number of hydrogen-bond donors (Lipinski definition) is 3. The molecule has 2 amide bonds. The van der Waals surface area contributed by atoms with E-state index in [4.69, 9.17) is 0 Å². The zero-order chi connectivity index (χ0) is 20.6. The molecule has 0 spiro atoms. The van der Waals surface area contributed by atoms with Crippen molar-refractivity contribution in [1.29, 1.82) is 0 Å². The van der Waals surface area contributed by atoms with Gasteiger partial charge in [-0.25, -0.2) is 0 Å². The van der Waals surface area contributed by atoms with Gasteiger partial charge in [0.25, 0.3) is 0 Å². The SMILES string of the molecule is CC(O)CC(=O)Nc1ccc(NC(=O)C(c2ccccc2)c2ccccc2)cc1. The molecule has 5 nitrogen and oxygen atoms in total. The first-order chi connectivity index (χ1) is 14.0. The monoisotopic (exact) mass is 388 g/mol. The lowest BCUT2D eigenvalue weighted by molar-refractivity contribution is -0.118. The number of anilines is 2. The van der Waals surface area contributed by atoms with Crippen LogP contribution in [0.3, 0.4) is 0 Å². The first-order valence-corrected chi connectivity index (χ1v) is 9.51. The Labute approximate surface area is 170 Å². The first kappa shape index (κ1) is 20.3. The normalized spacial score (nSPS) is 11.7. The molecular formula is C24H24N2O3. The van der Waals surface area contributed by atoms with Crippen LogP contribution in [0.5, 0.6) is 0 Å². The lowest BCUT2D eigenvalue weighted by atomic mass is 9.90. The summed E-state index contributed by atoms with van der Waals surface area (Å²) < 4.78 is 0. The van der Waals surface area contributed by atoms with Crippen molar-refractivity contribution in [3.8, 4) is 0 Å². The van der Waals surface area contributed by atoms with Crippen molar-refractivity contribution < 1.29 is 14.7 Å². The van der Waals surface area contributed by atoms with Crippen LogP contribution in [0, 0.1) is 0 Å². The summed E-state index contributed by atoms with van der Waals surface area (Å²) in [5.41, 5.74) is 3.08. The van der Waals surface area contributed by atoms with Gasteiger partial charge in [0, 0.05) is 11.4 Å². The number of benzene rings is 3. The van der Waals surface area contributed by atoms with Crippen LogP contribution in [0.15, 0.2) is 84.9 Å². The zero-order valence-electron chi connectivity index (χ0n) is 16.2. The van der Waals surface area contributed by atoms with Gasteiger partial charge in [-0.1, -0.05) is 60.7 Å². The van der Waals surface area contributed by atoms with Gasteiger partial charge in [0.2, 0.25) is 11.8 Å². The molecule has 0 saturated heterocycles. The lowest BCUT2D eigenvalue weighted by Crippen LogP contribution is -2.22. The van der Waals surface area contributed by atoms with Gasteiger partial charge in [0.05, 0.1) is 18.4 Å². The van der Waals surface area contributed by atoms with Gasteiger partial charge in [-0.3, -0.25) is 9.59 Å². The predicted octanol–water partition coefficient (Wildman–Crippen LogP) is 4.17. The second kappa shape index (κ2) is 9.66. The minimum atomic E-state index is -0.693. The molecule has 0 aliphatic heterocycles. The number of rotatable bonds is 7. The van der Waals surface area contributed by atoms with Gasteiger partial charge in [0.15, 0.2) is 0 Å². The summed E-state index contributed by atoms with van der Waals surface area (Å²) in [7, 11) is 0. The number of carbonyl (C=O) groups is 2. The molecule has 0 aliphatic rings. The molecule has 1 atom stereocenters. The van der Waals surface area contributed by atoms with E-state index in [9.17, 15) is 14.7 Å². The van der Waals surface area contributed by atoms with Crippen molar-refractivity contribution in [3.05, 3.63) is 96.1 Å². The zero-order valence-corrected chi connectivity index (χ0v) is 16.2. The van der Waals surface area contributed by atoms with Crippen molar-refractivity contribution in [3.63, 3.8) is 0 Å². The average molecular weight is 388 g/mol. The Balaban J connectivity index is 1.74. The molecular weight excluding hydrogens is 364 g/mol. The van der Waals surface area contributed by atoms with Crippen LogP contribution in [0.25, 0.3) is 0 Å². The summed E-state index contributed by atoms with van der Waals surface area (Å²) in [5.74, 6) is -0.818. The van der Waals surface area contributed by atoms with Crippen molar-refractivity contribution in [2.24, 2.45) is 0 Å². The van der Waals surface area contributed by atoms with Crippen LogP contribution in [-0.2, 0) is 9.59 Å². The van der Waals surface area contributed by atoms with E-state index in [0.29, 0.717) is 11.4 Å². The highest BCUT2D eigenvalue weighted by atomic mass is 16.3. The Morgan fingerprint density at radius 3 is 1.66 bits per heavy atom. The molecule has 3 aromatic rings. The third-order valence-corrected chi connectivity index (χ3v) is 4.45. The van der Waals surface area contributed by atoms with E-state index in [1.165, 1.54) is 0 Å². The highest BCUT2D eigenvalue weighted by Gasteiger charge is 2.22. The second-order valence-corrected chi connectivity index (χ2v) is 6.92. The highest BCUT2D eigenvalue weighted by Crippen LogP contribution is 2.26. The molecule has 0 heterocycles. The number of carbonyl (C=O) groups excluding carboxylic acids is 2. The molecule has 3 rings (SSSR count). The van der Waals surface area contributed by atoms with Gasteiger partial charge in [-0.2, -0.15) is 0 Å². The molecule has 0 radical (unpaired) electrons. The summed E-state index contributed by atoms with van der Waals surface area (Å²) in [4.78, 5) is 24.8. The van der Waals surface area contributed by atoms with E-state index < -0.39 is 12.0 Å². The topological polar surface area (TPSA) is 78.4 Å². The summed E-state index contributed by atoms with van der Waals surface area (Å²) in [6, 6.07) is 26.2. The first-order valence-electron chi connectivity index (χ1n) is 9.51. The molecule has 3 N–H and O–H groups in total. The molecule has 3 aromatic carbocycles. The molecule has 148 valence electrons. The Morgan fingerprint density at radius 1 is 0.759 bits per heavy atom. The minimum absolute atomic E-state index is 0.0360. The fraction of sp³-hybridized carbons (Fsp3) is 0.167. The van der Waals surface area contributed by atoms with Crippen molar-refractivity contribution >= 4 is 23.2 Å². The summed E-state index contributed by atoms with van der Waals surface area (Å²) in [5, 5.41) is 15.0. The van der Waals surface area contributed by atoms with Crippen molar-refractivity contribution in [2.75, 3.05) is 10.6 Å². The Morgan fingerprint density at radius 2 is 1.21 bits per heavy atom.